The normalized spacial score (nSPS) is 14.6. The number of carbonyl (C=O) groups is 1. The molecule has 0 bridgehead atoms. The van der Waals surface area contributed by atoms with E-state index in [1.807, 2.05) is 21.6 Å². The zero-order valence-corrected chi connectivity index (χ0v) is 18.1. The molecule has 10 nitrogen and oxygen atoms in total. The molecular formula is C21H21N7O3S. The van der Waals surface area contributed by atoms with Gasteiger partial charge in [0.15, 0.2) is 22.6 Å². The van der Waals surface area contributed by atoms with Crippen LogP contribution in [0.25, 0.3) is 17.3 Å². The Hall–Kier alpha value is -3.47. The molecule has 1 fully saturated rings. The summed E-state index contributed by atoms with van der Waals surface area (Å²) in [5.74, 6) is 2.67. The van der Waals surface area contributed by atoms with Crippen molar-refractivity contribution in [3.63, 3.8) is 0 Å². The fourth-order valence-electron chi connectivity index (χ4n) is 3.56. The van der Waals surface area contributed by atoms with Gasteiger partial charge < -0.3 is 13.8 Å². The molecule has 1 saturated heterocycles. The van der Waals surface area contributed by atoms with Gasteiger partial charge in [-0.25, -0.2) is 0 Å². The molecule has 5 rings (SSSR count). The molecule has 4 aromatic rings. The van der Waals surface area contributed by atoms with E-state index in [4.69, 9.17) is 8.94 Å². The van der Waals surface area contributed by atoms with Gasteiger partial charge in [0.25, 0.3) is 5.89 Å². The summed E-state index contributed by atoms with van der Waals surface area (Å²) in [6, 6.07) is 7.33. The van der Waals surface area contributed by atoms with E-state index in [0.29, 0.717) is 47.2 Å². The molecule has 0 atom stereocenters. The van der Waals surface area contributed by atoms with Gasteiger partial charge >= 0.3 is 0 Å². The van der Waals surface area contributed by atoms with Crippen molar-refractivity contribution in [2.75, 3.05) is 6.54 Å². The summed E-state index contributed by atoms with van der Waals surface area (Å²) in [6.45, 7) is 1.14. The lowest BCUT2D eigenvalue weighted by molar-refractivity contribution is -0.131. The highest BCUT2D eigenvalue weighted by Gasteiger charge is 2.22. The van der Waals surface area contributed by atoms with Crippen molar-refractivity contribution >= 4 is 17.7 Å². The predicted octanol–water partition coefficient (Wildman–Crippen LogP) is 3.50. The van der Waals surface area contributed by atoms with Crippen LogP contribution in [0.5, 0.6) is 0 Å². The standard InChI is InChI=1S/C21H21N7O3S/c29-19-8-2-1-3-10-27(19)13-18-24-25-21(28(18)15-6-4-9-22-12-15)32-14-17-23-20(31-26-17)16-7-5-11-30-16/h4-7,9,11-12H,1-3,8,10,13-14H2. The second kappa shape index (κ2) is 9.35. The number of likely N-dealkylation sites (tertiary alicyclic amines) is 1. The van der Waals surface area contributed by atoms with Gasteiger partial charge in [-0.2, -0.15) is 4.98 Å². The van der Waals surface area contributed by atoms with E-state index in [9.17, 15) is 4.79 Å². The Morgan fingerprint density at radius 1 is 1.12 bits per heavy atom. The molecule has 32 heavy (non-hydrogen) atoms. The van der Waals surface area contributed by atoms with Gasteiger partial charge in [-0.05, 0) is 37.1 Å². The Bertz CT molecular complexity index is 1170. The van der Waals surface area contributed by atoms with Crippen LogP contribution in [0.15, 0.2) is 57.0 Å². The largest absolute Gasteiger partial charge is 0.459 e. The quantitative estimate of drug-likeness (QED) is 0.389. The number of nitrogens with zero attached hydrogens (tertiary/aromatic N) is 7. The lowest BCUT2D eigenvalue weighted by Crippen LogP contribution is -2.31. The van der Waals surface area contributed by atoms with Crippen LogP contribution in [0.4, 0.5) is 0 Å². The third-order valence-corrected chi connectivity index (χ3v) is 6.06. The van der Waals surface area contributed by atoms with Gasteiger partial charge in [-0.1, -0.05) is 23.3 Å². The maximum Gasteiger partial charge on any atom is 0.293 e. The maximum absolute atomic E-state index is 12.5. The lowest BCUT2D eigenvalue weighted by atomic mass is 10.2. The first kappa shape index (κ1) is 20.4. The molecule has 0 saturated carbocycles. The van der Waals surface area contributed by atoms with Crippen molar-refractivity contribution in [2.24, 2.45) is 0 Å². The highest BCUT2D eigenvalue weighted by Crippen LogP contribution is 2.26. The fraction of sp³-hybridized carbons (Fsp3) is 0.333. The first-order valence-electron chi connectivity index (χ1n) is 10.4. The van der Waals surface area contributed by atoms with Crippen LogP contribution in [-0.2, 0) is 17.1 Å². The Morgan fingerprint density at radius 3 is 2.94 bits per heavy atom. The third kappa shape index (κ3) is 4.42. The maximum atomic E-state index is 12.5. The van der Waals surface area contributed by atoms with E-state index in [1.54, 1.807) is 30.8 Å². The highest BCUT2D eigenvalue weighted by atomic mass is 32.2. The molecule has 0 radical (unpaired) electrons. The first-order chi connectivity index (χ1) is 15.8. The molecule has 164 valence electrons. The second-order valence-electron chi connectivity index (χ2n) is 7.35. The van der Waals surface area contributed by atoms with Crippen molar-refractivity contribution in [1.29, 1.82) is 0 Å². The van der Waals surface area contributed by atoms with Gasteiger partial charge in [0.2, 0.25) is 5.91 Å². The number of pyridine rings is 1. The Kier molecular flexibility index (Phi) is 5.97. The topological polar surface area (TPSA) is 116 Å². The predicted molar refractivity (Wildman–Crippen MR) is 115 cm³/mol. The molecule has 5 heterocycles. The fourth-order valence-corrected chi connectivity index (χ4v) is 4.37. The van der Waals surface area contributed by atoms with E-state index in [1.165, 1.54) is 11.8 Å². The molecular weight excluding hydrogens is 430 g/mol. The number of thioether (sulfide) groups is 1. The summed E-state index contributed by atoms with van der Waals surface area (Å²) >= 11 is 1.44. The summed E-state index contributed by atoms with van der Waals surface area (Å²) in [7, 11) is 0. The van der Waals surface area contributed by atoms with Crippen molar-refractivity contribution < 1.29 is 13.7 Å². The van der Waals surface area contributed by atoms with Gasteiger partial charge in [0, 0.05) is 19.2 Å². The van der Waals surface area contributed by atoms with Crippen LogP contribution in [-0.4, -0.2) is 47.2 Å². The molecule has 1 amide bonds. The van der Waals surface area contributed by atoms with Crippen LogP contribution in [0, 0.1) is 0 Å². The average molecular weight is 452 g/mol. The minimum atomic E-state index is 0.162. The van der Waals surface area contributed by atoms with Crippen LogP contribution < -0.4 is 0 Å². The van der Waals surface area contributed by atoms with E-state index in [-0.39, 0.29) is 5.91 Å². The summed E-state index contributed by atoms with van der Waals surface area (Å²) in [4.78, 5) is 23.0. The van der Waals surface area contributed by atoms with Crippen molar-refractivity contribution in [1.82, 2.24) is 34.8 Å². The number of hydrogen-bond donors (Lipinski definition) is 0. The van der Waals surface area contributed by atoms with E-state index in [2.05, 4.69) is 25.3 Å². The molecule has 0 N–H and O–H groups in total. The average Bonchev–Trinajstić information content (AvgIpc) is 3.55. The number of carbonyl (C=O) groups excluding carboxylic acids is 1. The third-order valence-electron chi connectivity index (χ3n) is 5.14. The second-order valence-corrected chi connectivity index (χ2v) is 8.30. The van der Waals surface area contributed by atoms with Crippen LogP contribution in [0.3, 0.4) is 0 Å². The lowest BCUT2D eigenvalue weighted by Gasteiger charge is -2.20. The number of furan rings is 1. The minimum absolute atomic E-state index is 0.162. The molecule has 0 aliphatic carbocycles. The molecule has 0 spiro atoms. The van der Waals surface area contributed by atoms with Crippen LogP contribution >= 0.6 is 11.8 Å². The zero-order valence-electron chi connectivity index (χ0n) is 17.3. The highest BCUT2D eigenvalue weighted by molar-refractivity contribution is 7.98. The summed E-state index contributed by atoms with van der Waals surface area (Å²) in [5, 5.41) is 13.5. The summed E-state index contributed by atoms with van der Waals surface area (Å²) < 4.78 is 12.5. The molecule has 1 aliphatic heterocycles. The van der Waals surface area contributed by atoms with Gasteiger partial charge in [-0.15, -0.1) is 10.2 Å². The van der Waals surface area contributed by atoms with Crippen LogP contribution in [0.2, 0.25) is 0 Å². The van der Waals surface area contributed by atoms with Gasteiger partial charge in [0.1, 0.15) is 0 Å². The van der Waals surface area contributed by atoms with E-state index < -0.39 is 0 Å². The van der Waals surface area contributed by atoms with Gasteiger partial charge in [0.05, 0.1) is 30.4 Å². The zero-order chi connectivity index (χ0) is 21.8. The molecule has 0 unspecified atom stereocenters. The van der Waals surface area contributed by atoms with Crippen molar-refractivity contribution in [2.45, 2.75) is 43.1 Å². The number of amides is 1. The minimum Gasteiger partial charge on any atom is -0.459 e. The Balaban J connectivity index is 1.38. The van der Waals surface area contributed by atoms with E-state index in [0.717, 1.165) is 31.5 Å². The number of hydrogen-bond acceptors (Lipinski definition) is 9. The number of rotatable bonds is 7. The number of aromatic nitrogens is 6. The molecule has 0 aromatic carbocycles. The molecule has 4 aromatic heterocycles. The van der Waals surface area contributed by atoms with Crippen LogP contribution in [0.1, 0.15) is 37.3 Å². The molecule has 1 aliphatic rings. The molecule has 11 heteroatoms. The SMILES string of the molecule is O=C1CCCCCN1Cc1nnc(SCc2noc(-c3ccco3)n2)n1-c1cccnc1. The summed E-state index contributed by atoms with van der Waals surface area (Å²) in [5.41, 5.74) is 0.835. The van der Waals surface area contributed by atoms with Gasteiger partial charge in [-0.3, -0.25) is 14.3 Å². The van der Waals surface area contributed by atoms with Crippen molar-refractivity contribution in [3.8, 4) is 17.3 Å². The summed E-state index contributed by atoms with van der Waals surface area (Å²) in [6.07, 6.45) is 8.63. The smallest absolute Gasteiger partial charge is 0.293 e. The van der Waals surface area contributed by atoms with E-state index >= 15 is 0 Å². The first-order valence-corrected chi connectivity index (χ1v) is 11.4. The monoisotopic (exact) mass is 451 g/mol. The van der Waals surface area contributed by atoms with Crippen molar-refractivity contribution in [3.05, 3.63) is 54.6 Å². The Morgan fingerprint density at radius 2 is 2.09 bits per heavy atom. The Labute approximate surface area is 188 Å².